The molecule has 0 aromatic carbocycles. The second-order valence-corrected chi connectivity index (χ2v) is 5.81. The first-order chi connectivity index (χ1) is 7.28. The van der Waals surface area contributed by atoms with Crippen molar-refractivity contribution in [1.29, 1.82) is 0 Å². The van der Waals surface area contributed by atoms with Gasteiger partial charge in [-0.25, -0.2) is 0 Å². The number of aliphatic hydroxyl groups is 1. The van der Waals surface area contributed by atoms with Crippen LogP contribution >= 0.6 is 11.3 Å². The number of likely N-dealkylation sites (tertiary alicyclic amines) is 1. The Morgan fingerprint density at radius 1 is 1.53 bits per heavy atom. The zero-order valence-corrected chi connectivity index (χ0v) is 10.1. The highest BCUT2D eigenvalue weighted by Crippen LogP contribution is 2.21. The van der Waals surface area contributed by atoms with Gasteiger partial charge in [-0.2, -0.15) is 0 Å². The number of aliphatic hydroxyl groups excluding tert-OH is 1. The summed E-state index contributed by atoms with van der Waals surface area (Å²) in [5, 5.41) is 9.15. The van der Waals surface area contributed by atoms with E-state index >= 15 is 0 Å². The molecule has 2 nitrogen and oxygen atoms in total. The lowest BCUT2D eigenvalue weighted by Crippen LogP contribution is -2.36. The summed E-state index contributed by atoms with van der Waals surface area (Å²) in [7, 11) is 0. The van der Waals surface area contributed by atoms with Crippen molar-refractivity contribution >= 4 is 11.3 Å². The lowest BCUT2D eigenvalue weighted by atomic mass is 9.99. The lowest BCUT2D eigenvalue weighted by Gasteiger charge is -2.31. The molecule has 0 spiro atoms. The second kappa shape index (κ2) is 5.10. The average Bonchev–Trinajstić information content (AvgIpc) is 2.64. The van der Waals surface area contributed by atoms with Crippen LogP contribution in [0, 0.1) is 12.8 Å². The van der Waals surface area contributed by atoms with Crippen molar-refractivity contribution in [3.05, 3.63) is 21.9 Å². The van der Waals surface area contributed by atoms with Gasteiger partial charge in [0, 0.05) is 29.5 Å². The quantitative estimate of drug-likeness (QED) is 0.853. The number of hydrogen-bond donors (Lipinski definition) is 1. The molecule has 84 valence electrons. The van der Waals surface area contributed by atoms with E-state index in [0.29, 0.717) is 12.5 Å². The predicted molar refractivity (Wildman–Crippen MR) is 64.1 cm³/mol. The van der Waals surface area contributed by atoms with Gasteiger partial charge in [0.15, 0.2) is 0 Å². The van der Waals surface area contributed by atoms with Crippen molar-refractivity contribution in [2.75, 3.05) is 19.7 Å². The molecule has 1 saturated heterocycles. The lowest BCUT2D eigenvalue weighted by molar-refractivity contribution is 0.116. The Kier molecular flexibility index (Phi) is 3.78. The van der Waals surface area contributed by atoms with Gasteiger partial charge < -0.3 is 5.11 Å². The van der Waals surface area contributed by atoms with E-state index in [1.807, 2.05) is 11.3 Å². The van der Waals surface area contributed by atoms with Crippen molar-refractivity contribution in [3.8, 4) is 0 Å². The predicted octanol–water partition coefficient (Wildman–Crippen LogP) is 2.26. The molecule has 0 saturated carbocycles. The molecule has 3 heteroatoms. The number of hydrogen-bond acceptors (Lipinski definition) is 3. The maximum Gasteiger partial charge on any atom is 0.0471 e. The van der Waals surface area contributed by atoms with Gasteiger partial charge in [0.2, 0.25) is 0 Å². The Balaban J connectivity index is 1.88. The van der Waals surface area contributed by atoms with Crippen molar-refractivity contribution in [3.63, 3.8) is 0 Å². The van der Waals surface area contributed by atoms with Crippen molar-refractivity contribution in [2.24, 2.45) is 5.92 Å². The van der Waals surface area contributed by atoms with E-state index in [9.17, 15) is 0 Å². The summed E-state index contributed by atoms with van der Waals surface area (Å²) in [6.45, 7) is 5.82. The minimum absolute atomic E-state index is 0.347. The molecule has 0 amide bonds. The maximum absolute atomic E-state index is 9.15. The number of piperidine rings is 1. The van der Waals surface area contributed by atoms with E-state index in [1.165, 1.54) is 29.1 Å². The van der Waals surface area contributed by atoms with Crippen LogP contribution in [0.5, 0.6) is 0 Å². The Labute approximate surface area is 95.5 Å². The third kappa shape index (κ3) is 3.03. The summed E-state index contributed by atoms with van der Waals surface area (Å²) >= 11 is 1.89. The van der Waals surface area contributed by atoms with E-state index < -0.39 is 0 Å². The van der Waals surface area contributed by atoms with Gasteiger partial charge in [0.25, 0.3) is 0 Å². The van der Waals surface area contributed by atoms with Crippen LogP contribution in [0.2, 0.25) is 0 Å². The van der Waals surface area contributed by atoms with Gasteiger partial charge in [0.1, 0.15) is 0 Å². The van der Waals surface area contributed by atoms with Gasteiger partial charge in [-0.1, -0.05) is 0 Å². The van der Waals surface area contributed by atoms with Crippen LogP contribution in [0.25, 0.3) is 0 Å². The third-order valence-electron chi connectivity index (χ3n) is 3.04. The Hall–Kier alpha value is -0.380. The highest BCUT2D eigenvalue weighted by molar-refractivity contribution is 7.11. The minimum Gasteiger partial charge on any atom is -0.396 e. The molecule has 0 aliphatic carbocycles. The van der Waals surface area contributed by atoms with Crippen LogP contribution in [-0.4, -0.2) is 29.7 Å². The SMILES string of the molecule is Cc1ccc(CN2CCCC(CO)C2)s1. The normalized spacial score (nSPS) is 23.2. The minimum atomic E-state index is 0.347. The summed E-state index contributed by atoms with van der Waals surface area (Å²) in [5.41, 5.74) is 0. The van der Waals surface area contributed by atoms with Gasteiger partial charge >= 0.3 is 0 Å². The van der Waals surface area contributed by atoms with E-state index in [4.69, 9.17) is 5.11 Å². The average molecular weight is 225 g/mol. The first kappa shape index (κ1) is 11.1. The number of thiophene rings is 1. The Bertz CT molecular complexity index is 310. The van der Waals surface area contributed by atoms with Crippen molar-refractivity contribution < 1.29 is 5.11 Å². The summed E-state index contributed by atoms with van der Waals surface area (Å²) in [6, 6.07) is 4.41. The van der Waals surface area contributed by atoms with Gasteiger partial charge in [-0.3, -0.25) is 4.90 Å². The first-order valence-corrected chi connectivity index (χ1v) is 6.48. The number of rotatable bonds is 3. The molecule has 1 unspecified atom stereocenters. The van der Waals surface area contributed by atoms with Gasteiger partial charge in [0.05, 0.1) is 0 Å². The zero-order chi connectivity index (χ0) is 10.7. The van der Waals surface area contributed by atoms with Crippen LogP contribution in [-0.2, 0) is 6.54 Å². The summed E-state index contributed by atoms with van der Waals surface area (Å²) < 4.78 is 0. The molecule has 15 heavy (non-hydrogen) atoms. The first-order valence-electron chi connectivity index (χ1n) is 5.66. The van der Waals surface area contributed by atoms with Gasteiger partial charge in [-0.15, -0.1) is 11.3 Å². The molecule has 2 heterocycles. The molecule has 1 aliphatic heterocycles. The van der Waals surface area contributed by atoms with Crippen LogP contribution in [0.1, 0.15) is 22.6 Å². The van der Waals surface area contributed by atoms with E-state index in [0.717, 1.165) is 13.1 Å². The standard InChI is InChI=1S/C12H19NOS/c1-10-4-5-12(15-10)8-13-6-2-3-11(7-13)9-14/h4-5,11,14H,2-3,6-9H2,1H3. The molecule has 1 atom stereocenters. The molecule has 1 fully saturated rings. The molecule has 1 aromatic heterocycles. The fourth-order valence-corrected chi connectivity index (χ4v) is 3.17. The number of nitrogens with zero attached hydrogens (tertiary/aromatic N) is 1. The second-order valence-electron chi connectivity index (χ2n) is 4.44. The molecular formula is C12H19NOS. The zero-order valence-electron chi connectivity index (χ0n) is 9.28. The third-order valence-corrected chi connectivity index (χ3v) is 4.02. The molecule has 1 N–H and O–H groups in total. The fraction of sp³-hybridized carbons (Fsp3) is 0.667. The largest absolute Gasteiger partial charge is 0.396 e. The van der Waals surface area contributed by atoms with Crippen LogP contribution < -0.4 is 0 Å². The molecule has 2 rings (SSSR count). The van der Waals surface area contributed by atoms with E-state index in [1.54, 1.807) is 0 Å². The Morgan fingerprint density at radius 2 is 2.40 bits per heavy atom. The summed E-state index contributed by atoms with van der Waals surface area (Å²) in [4.78, 5) is 5.31. The molecule has 1 aromatic rings. The monoisotopic (exact) mass is 225 g/mol. The molecule has 0 bridgehead atoms. The van der Waals surface area contributed by atoms with E-state index in [-0.39, 0.29) is 0 Å². The summed E-state index contributed by atoms with van der Waals surface area (Å²) in [5.74, 6) is 0.500. The van der Waals surface area contributed by atoms with E-state index in [2.05, 4.69) is 24.0 Å². The highest BCUT2D eigenvalue weighted by Gasteiger charge is 2.19. The highest BCUT2D eigenvalue weighted by atomic mass is 32.1. The van der Waals surface area contributed by atoms with Crippen molar-refractivity contribution in [2.45, 2.75) is 26.3 Å². The molecular weight excluding hydrogens is 206 g/mol. The molecule has 0 radical (unpaired) electrons. The maximum atomic E-state index is 9.15. The van der Waals surface area contributed by atoms with Gasteiger partial charge in [-0.05, 0) is 44.4 Å². The van der Waals surface area contributed by atoms with Crippen LogP contribution in [0.4, 0.5) is 0 Å². The molecule has 1 aliphatic rings. The van der Waals surface area contributed by atoms with Crippen LogP contribution in [0.3, 0.4) is 0 Å². The van der Waals surface area contributed by atoms with Crippen molar-refractivity contribution in [1.82, 2.24) is 4.90 Å². The fourth-order valence-electron chi connectivity index (χ4n) is 2.23. The topological polar surface area (TPSA) is 23.5 Å². The van der Waals surface area contributed by atoms with Crippen LogP contribution in [0.15, 0.2) is 12.1 Å². The Morgan fingerprint density at radius 3 is 3.07 bits per heavy atom. The number of aryl methyl sites for hydroxylation is 1. The summed E-state index contributed by atoms with van der Waals surface area (Å²) in [6.07, 6.45) is 2.42. The smallest absolute Gasteiger partial charge is 0.0471 e.